The van der Waals surface area contributed by atoms with E-state index in [0.29, 0.717) is 4.31 Å². The minimum Gasteiger partial charge on any atom is -0.459 e. The first kappa shape index (κ1) is 23.1. The fraction of sp³-hybridized carbons (Fsp3) is 0.231. The van der Waals surface area contributed by atoms with Crippen molar-refractivity contribution in [1.29, 1.82) is 0 Å². The van der Waals surface area contributed by atoms with Crippen molar-refractivity contribution in [3.63, 3.8) is 0 Å². The summed E-state index contributed by atoms with van der Waals surface area (Å²) in [6.45, 7) is -0.374. The predicted molar refractivity (Wildman–Crippen MR) is 126 cm³/mol. The van der Waals surface area contributed by atoms with Gasteiger partial charge in [-0.25, -0.2) is 9.59 Å². The summed E-state index contributed by atoms with van der Waals surface area (Å²) >= 11 is 0. The van der Waals surface area contributed by atoms with E-state index in [2.05, 4.69) is 0 Å². The van der Waals surface area contributed by atoms with Crippen LogP contribution in [-0.2, 0) is 35.4 Å². The number of carbonyl (C=O) groups is 2. The second kappa shape index (κ2) is 9.52. The summed E-state index contributed by atoms with van der Waals surface area (Å²) in [6.07, 6.45) is -1.20. The quantitative estimate of drug-likeness (QED) is 0.495. The lowest BCUT2D eigenvalue weighted by atomic mass is 9.98. The lowest BCUT2D eigenvalue weighted by Gasteiger charge is -2.31. The third-order valence-corrected chi connectivity index (χ3v) is 7.51. The van der Waals surface area contributed by atoms with E-state index in [4.69, 9.17) is 13.7 Å². The number of amides is 1. The van der Waals surface area contributed by atoms with Gasteiger partial charge in [-0.15, -0.1) is 0 Å². The Morgan fingerprint density at radius 3 is 2.11 bits per heavy atom. The third kappa shape index (κ3) is 4.52. The molecule has 0 saturated carbocycles. The summed E-state index contributed by atoms with van der Waals surface area (Å²) in [5.74, 6) is -1.10. The fourth-order valence-corrected chi connectivity index (χ4v) is 5.67. The number of benzene rings is 3. The molecule has 0 aromatic heterocycles. The first-order valence-corrected chi connectivity index (χ1v) is 12.6. The van der Waals surface area contributed by atoms with Crippen molar-refractivity contribution in [3.05, 3.63) is 95.6 Å². The van der Waals surface area contributed by atoms with Crippen LogP contribution in [0.25, 0.3) is 11.1 Å². The van der Waals surface area contributed by atoms with E-state index in [9.17, 15) is 18.0 Å². The van der Waals surface area contributed by atoms with Crippen LogP contribution in [0.4, 0.5) is 4.79 Å². The van der Waals surface area contributed by atoms with Gasteiger partial charge in [-0.3, -0.25) is 4.18 Å². The molecule has 0 N–H and O–H groups in total. The SMILES string of the molecule is O=C(OCc1ccccc1)[C@@H]1CCOS(=O)(=O)N1C(=O)OCC1c2ccccc2-c2ccccc21. The molecular weight excluding hydrogens is 470 g/mol. The Morgan fingerprint density at radius 2 is 1.46 bits per heavy atom. The highest BCUT2D eigenvalue weighted by molar-refractivity contribution is 7.85. The monoisotopic (exact) mass is 493 g/mol. The van der Waals surface area contributed by atoms with Crippen LogP contribution in [0, 0.1) is 0 Å². The summed E-state index contributed by atoms with van der Waals surface area (Å²) in [7, 11) is -4.51. The average Bonchev–Trinajstić information content (AvgIpc) is 3.19. The molecule has 1 fully saturated rings. The molecule has 1 saturated heterocycles. The van der Waals surface area contributed by atoms with Gasteiger partial charge in [-0.1, -0.05) is 78.9 Å². The Hall–Kier alpha value is -3.69. The van der Waals surface area contributed by atoms with Gasteiger partial charge in [0.1, 0.15) is 13.2 Å². The zero-order chi connectivity index (χ0) is 24.4. The van der Waals surface area contributed by atoms with Gasteiger partial charge >= 0.3 is 22.4 Å². The Bertz CT molecular complexity index is 1310. The molecule has 5 rings (SSSR count). The predicted octanol–water partition coefficient (Wildman–Crippen LogP) is 4.01. The summed E-state index contributed by atoms with van der Waals surface area (Å²) < 4.78 is 41.2. The normalized spacial score (nSPS) is 18.4. The molecule has 1 heterocycles. The molecule has 3 aromatic rings. The lowest BCUT2D eigenvalue weighted by Crippen LogP contribution is -2.53. The second-order valence-electron chi connectivity index (χ2n) is 8.28. The largest absolute Gasteiger partial charge is 0.459 e. The van der Waals surface area contributed by atoms with Gasteiger partial charge < -0.3 is 9.47 Å². The number of hydrogen-bond donors (Lipinski definition) is 0. The van der Waals surface area contributed by atoms with Crippen LogP contribution in [0.15, 0.2) is 78.9 Å². The number of ether oxygens (including phenoxy) is 2. The van der Waals surface area contributed by atoms with Crippen molar-refractivity contribution in [2.45, 2.75) is 25.0 Å². The fourth-order valence-electron chi connectivity index (χ4n) is 4.51. The molecule has 180 valence electrons. The van der Waals surface area contributed by atoms with E-state index < -0.39 is 28.4 Å². The van der Waals surface area contributed by atoms with E-state index in [1.165, 1.54) is 0 Å². The van der Waals surface area contributed by atoms with Crippen LogP contribution >= 0.6 is 0 Å². The number of rotatable bonds is 5. The van der Waals surface area contributed by atoms with Gasteiger partial charge in [-0.2, -0.15) is 12.7 Å². The van der Waals surface area contributed by atoms with E-state index in [1.54, 1.807) is 24.3 Å². The zero-order valence-electron chi connectivity index (χ0n) is 18.7. The van der Waals surface area contributed by atoms with E-state index in [-0.39, 0.29) is 32.2 Å². The van der Waals surface area contributed by atoms with Gasteiger partial charge in [0.05, 0.1) is 6.61 Å². The smallest absolute Gasteiger partial charge is 0.426 e. The van der Waals surface area contributed by atoms with Crippen molar-refractivity contribution in [1.82, 2.24) is 4.31 Å². The van der Waals surface area contributed by atoms with Crippen molar-refractivity contribution in [2.24, 2.45) is 0 Å². The van der Waals surface area contributed by atoms with Crippen molar-refractivity contribution < 1.29 is 31.7 Å². The molecule has 8 nitrogen and oxygen atoms in total. The van der Waals surface area contributed by atoms with Crippen LogP contribution < -0.4 is 0 Å². The molecule has 2 aliphatic rings. The van der Waals surface area contributed by atoms with Crippen molar-refractivity contribution in [3.8, 4) is 11.1 Å². The Labute approximate surface area is 203 Å². The van der Waals surface area contributed by atoms with Crippen LogP contribution in [0.1, 0.15) is 29.0 Å². The zero-order valence-corrected chi connectivity index (χ0v) is 19.5. The van der Waals surface area contributed by atoms with Gasteiger partial charge in [0.2, 0.25) is 0 Å². The lowest BCUT2D eigenvalue weighted by molar-refractivity contribution is -0.150. The van der Waals surface area contributed by atoms with Crippen LogP contribution in [0.5, 0.6) is 0 Å². The topological polar surface area (TPSA) is 99.2 Å². The number of nitrogens with zero attached hydrogens (tertiary/aromatic N) is 1. The molecule has 1 atom stereocenters. The maximum Gasteiger partial charge on any atom is 0.426 e. The van der Waals surface area contributed by atoms with Crippen LogP contribution in [0.2, 0.25) is 0 Å². The highest BCUT2D eigenvalue weighted by atomic mass is 32.2. The second-order valence-corrected chi connectivity index (χ2v) is 9.76. The average molecular weight is 494 g/mol. The molecular formula is C26H23NO7S. The van der Waals surface area contributed by atoms with Crippen molar-refractivity contribution in [2.75, 3.05) is 13.2 Å². The Balaban J connectivity index is 1.33. The number of carbonyl (C=O) groups excluding carboxylic acids is 2. The molecule has 9 heteroatoms. The molecule has 0 unspecified atom stereocenters. The molecule has 35 heavy (non-hydrogen) atoms. The molecule has 1 amide bonds. The molecule has 0 radical (unpaired) electrons. The third-order valence-electron chi connectivity index (χ3n) is 6.16. The molecule has 3 aromatic carbocycles. The summed E-state index contributed by atoms with van der Waals surface area (Å²) in [5, 5.41) is 0. The van der Waals surface area contributed by atoms with Crippen LogP contribution in [0.3, 0.4) is 0 Å². The standard InChI is InChI=1S/C26H23NO7S/c28-25(32-16-18-8-2-1-3-9-18)24-14-15-34-35(30,31)27(24)26(29)33-17-23-21-12-6-4-10-19(21)20-11-5-7-13-22(20)23/h1-13,23-24H,14-17H2/t24-/m0/s1. The molecule has 0 bridgehead atoms. The number of fused-ring (bicyclic) bond motifs is 3. The van der Waals surface area contributed by atoms with E-state index in [1.807, 2.05) is 54.6 Å². The Morgan fingerprint density at radius 1 is 0.857 bits per heavy atom. The van der Waals surface area contributed by atoms with Gasteiger partial charge in [0.15, 0.2) is 6.04 Å². The van der Waals surface area contributed by atoms with Crippen LogP contribution in [-0.4, -0.2) is 44.0 Å². The minimum atomic E-state index is -4.51. The molecule has 1 aliphatic carbocycles. The maximum atomic E-state index is 13.0. The Kier molecular flexibility index (Phi) is 6.27. The summed E-state index contributed by atoms with van der Waals surface area (Å²) in [5.41, 5.74) is 4.79. The molecule has 0 spiro atoms. The highest BCUT2D eigenvalue weighted by Gasteiger charge is 2.45. The number of esters is 1. The van der Waals surface area contributed by atoms with Gasteiger partial charge in [0.25, 0.3) is 0 Å². The molecule has 1 aliphatic heterocycles. The maximum absolute atomic E-state index is 13.0. The first-order chi connectivity index (χ1) is 17.0. The van der Waals surface area contributed by atoms with E-state index in [0.717, 1.165) is 27.8 Å². The summed E-state index contributed by atoms with van der Waals surface area (Å²) in [4.78, 5) is 25.8. The van der Waals surface area contributed by atoms with E-state index >= 15 is 0 Å². The van der Waals surface area contributed by atoms with Crippen molar-refractivity contribution >= 4 is 22.4 Å². The first-order valence-electron chi connectivity index (χ1n) is 11.2. The summed E-state index contributed by atoms with van der Waals surface area (Å²) in [6, 6.07) is 23.2. The van der Waals surface area contributed by atoms with Gasteiger partial charge in [-0.05, 0) is 27.8 Å². The minimum absolute atomic E-state index is 0.0307. The number of hydrogen-bond acceptors (Lipinski definition) is 7. The highest BCUT2D eigenvalue weighted by Crippen LogP contribution is 2.44. The van der Waals surface area contributed by atoms with Gasteiger partial charge in [0, 0.05) is 12.3 Å².